The van der Waals surface area contributed by atoms with E-state index in [1.165, 1.54) is 16.8 Å². The van der Waals surface area contributed by atoms with Crippen molar-refractivity contribution in [3.63, 3.8) is 0 Å². The molecule has 2 aromatic rings. The van der Waals surface area contributed by atoms with Crippen molar-refractivity contribution in [3.05, 3.63) is 57.6 Å². The van der Waals surface area contributed by atoms with Crippen LogP contribution in [0.4, 0.5) is 11.4 Å². The van der Waals surface area contributed by atoms with Crippen molar-refractivity contribution in [2.75, 3.05) is 23.8 Å². The predicted octanol–water partition coefficient (Wildman–Crippen LogP) is 4.60. The van der Waals surface area contributed by atoms with Gasteiger partial charge in [-0.15, -0.1) is 0 Å². The molecule has 20 heavy (non-hydrogen) atoms. The van der Waals surface area contributed by atoms with E-state index in [1.807, 2.05) is 12.1 Å². The number of nitrogens with zero attached hydrogens (tertiary/aromatic N) is 1. The van der Waals surface area contributed by atoms with Gasteiger partial charge >= 0.3 is 0 Å². The highest BCUT2D eigenvalue weighted by Crippen LogP contribution is 2.28. The van der Waals surface area contributed by atoms with E-state index in [2.05, 4.69) is 35.5 Å². The highest BCUT2D eigenvalue weighted by Gasteiger charge is 2.15. The quantitative estimate of drug-likeness (QED) is 0.891. The molecule has 1 N–H and O–H groups in total. The molecule has 0 unspecified atom stereocenters. The molecule has 0 aromatic heterocycles. The number of likely N-dealkylation sites (N-methyl/N-ethyl adjacent to an activating group) is 1. The number of fused-ring (bicyclic) bond motifs is 1. The SMILES string of the molecule is CN1CCc2cc(CNc3cc(Cl)cc(Cl)c3)ccc21. The molecule has 0 aliphatic carbocycles. The van der Waals surface area contributed by atoms with Gasteiger partial charge in [0, 0.05) is 41.6 Å². The molecule has 0 atom stereocenters. The Labute approximate surface area is 129 Å². The lowest BCUT2D eigenvalue weighted by Crippen LogP contribution is -2.12. The second-order valence-corrected chi connectivity index (χ2v) is 6.02. The van der Waals surface area contributed by atoms with Gasteiger partial charge in [0.05, 0.1) is 0 Å². The second-order valence-electron chi connectivity index (χ2n) is 5.15. The smallest absolute Gasteiger partial charge is 0.0441 e. The monoisotopic (exact) mass is 306 g/mol. The fourth-order valence-corrected chi connectivity index (χ4v) is 3.12. The van der Waals surface area contributed by atoms with Crippen LogP contribution in [0.2, 0.25) is 10.0 Å². The Kier molecular flexibility index (Phi) is 3.77. The van der Waals surface area contributed by atoms with E-state index in [-0.39, 0.29) is 0 Å². The van der Waals surface area contributed by atoms with Crippen molar-refractivity contribution in [3.8, 4) is 0 Å². The average Bonchev–Trinajstić information content (AvgIpc) is 2.77. The Hall–Kier alpha value is -1.38. The van der Waals surface area contributed by atoms with Crippen LogP contribution >= 0.6 is 23.2 Å². The molecule has 0 saturated carbocycles. The summed E-state index contributed by atoms with van der Waals surface area (Å²) in [4.78, 5) is 2.29. The Morgan fingerprint density at radius 2 is 1.85 bits per heavy atom. The standard InChI is InChI=1S/C16H16Cl2N2/c1-20-5-4-12-6-11(2-3-16(12)20)10-19-15-8-13(17)7-14(18)9-15/h2-3,6-9,19H,4-5,10H2,1H3. The molecule has 1 aliphatic heterocycles. The van der Waals surface area contributed by atoms with Crippen LogP contribution in [0.15, 0.2) is 36.4 Å². The van der Waals surface area contributed by atoms with Crippen molar-refractivity contribution < 1.29 is 0 Å². The summed E-state index contributed by atoms with van der Waals surface area (Å²) < 4.78 is 0. The number of benzene rings is 2. The lowest BCUT2D eigenvalue weighted by molar-refractivity contribution is 0.955. The lowest BCUT2D eigenvalue weighted by atomic mass is 10.1. The topological polar surface area (TPSA) is 15.3 Å². The van der Waals surface area contributed by atoms with Gasteiger partial charge in [-0.3, -0.25) is 0 Å². The predicted molar refractivity (Wildman–Crippen MR) is 87.2 cm³/mol. The third-order valence-electron chi connectivity index (χ3n) is 3.63. The van der Waals surface area contributed by atoms with E-state index >= 15 is 0 Å². The first-order valence-electron chi connectivity index (χ1n) is 6.65. The van der Waals surface area contributed by atoms with Gasteiger partial charge in [-0.1, -0.05) is 35.3 Å². The summed E-state index contributed by atoms with van der Waals surface area (Å²) >= 11 is 12.0. The molecule has 2 nitrogen and oxygen atoms in total. The lowest BCUT2D eigenvalue weighted by Gasteiger charge is -2.13. The van der Waals surface area contributed by atoms with Crippen LogP contribution in [0.5, 0.6) is 0 Å². The van der Waals surface area contributed by atoms with E-state index in [0.717, 1.165) is 25.2 Å². The van der Waals surface area contributed by atoms with Gasteiger partial charge in [0.25, 0.3) is 0 Å². The fourth-order valence-electron chi connectivity index (χ4n) is 2.59. The van der Waals surface area contributed by atoms with Gasteiger partial charge in [-0.2, -0.15) is 0 Å². The zero-order chi connectivity index (χ0) is 14.1. The van der Waals surface area contributed by atoms with E-state index < -0.39 is 0 Å². The third-order valence-corrected chi connectivity index (χ3v) is 4.07. The molecule has 0 bridgehead atoms. The molecule has 0 saturated heterocycles. The van der Waals surface area contributed by atoms with Crippen molar-refractivity contribution >= 4 is 34.6 Å². The fraction of sp³-hybridized carbons (Fsp3) is 0.250. The van der Waals surface area contributed by atoms with E-state index in [0.29, 0.717) is 10.0 Å². The summed E-state index contributed by atoms with van der Waals surface area (Å²) in [6, 6.07) is 12.1. The minimum Gasteiger partial charge on any atom is -0.381 e. The Bertz CT molecular complexity index is 620. The largest absolute Gasteiger partial charge is 0.381 e. The molecule has 0 spiro atoms. The molecule has 4 heteroatoms. The maximum absolute atomic E-state index is 5.99. The maximum Gasteiger partial charge on any atom is 0.0441 e. The maximum atomic E-state index is 5.99. The van der Waals surface area contributed by atoms with Crippen molar-refractivity contribution in [2.24, 2.45) is 0 Å². The van der Waals surface area contributed by atoms with Crippen LogP contribution in [0, 0.1) is 0 Å². The highest BCUT2D eigenvalue weighted by molar-refractivity contribution is 6.35. The Balaban J connectivity index is 1.72. The van der Waals surface area contributed by atoms with Crippen LogP contribution < -0.4 is 10.2 Å². The number of hydrogen-bond donors (Lipinski definition) is 1. The summed E-state index contributed by atoms with van der Waals surface area (Å²) in [6.45, 7) is 1.88. The number of hydrogen-bond acceptors (Lipinski definition) is 2. The molecule has 0 amide bonds. The van der Waals surface area contributed by atoms with E-state index in [1.54, 1.807) is 6.07 Å². The van der Waals surface area contributed by atoms with E-state index in [4.69, 9.17) is 23.2 Å². The zero-order valence-electron chi connectivity index (χ0n) is 11.3. The van der Waals surface area contributed by atoms with Gasteiger partial charge in [0.1, 0.15) is 0 Å². The minimum atomic E-state index is 0.649. The first-order chi connectivity index (χ1) is 9.61. The Morgan fingerprint density at radius 1 is 1.10 bits per heavy atom. The number of nitrogens with one attached hydrogen (secondary N) is 1. The molecule has 2 aromatic carbocycles. The molecule has 3 rings (SSSR count). The van der Waals surface area contributed by atoms with Crippen LogP contribution in [-0.4, -0.2) is 13.6 Å². The molecular formula is C16H16Cl2N2. The number of rotatable bonds is 3. The molecule has 0 fully saturated rings. The van der Waals surface area contributed by atoms with E-state index in [9.17, 15) is 0 Å². The minimum absolute atomic E-state index is 0.649. The van der Waals surface area contributed by atoms with Crippen molar-refractivity contribution in [2.45, 2.75) is 13.0 Å². The van der Waals surface area contributed by atoms with Gasteiger partial charge in [0.2, 0.25) is 0 Å². The second kappa shape index (κ2) is 5.55. The zero-order valence-corrected chi connectivity index (χ0v) is 12.8. The summed E-state index contributed by atoms with van der Waals surface area (Å²) in [6.07, 6.45) is 1.13. The average molecular weight is 307 g/mol. The number of anilines is 2. The van der Waals surface area contributed by atoms with Gasteiger partial charge < -0.3 is 10.2 Å². The first-order valence-corrected chi connectivity index (χ1v) is 7.40. The molecule has 1 aliphatic rings. The molecule has 0 radical (unpaired) electrons. The van der Waals surface area contributed by atoms with Crippen molar-refractivity contribution in [1.82, 2.24) is 0 Å². The molecule has 104 valence electrons. The molecular weight excluding hydrogens is 291 g/mol. The van der Waals surface area contributed by atoms with Gasteiger partial charge in [0.15, 0.2) is 0 Å². The number of halogens is 2. The summed E-state index contributed by atoms with van der Waals surface area (Å²) in [5.41, 5.74) is 4.99. The van der Waals surface area contributed by atoms with Gasteiger partial charge in [-0.25, -0.2) is 0 Å². The normalized spacial score (nSPS) is 13.4. The third kappa shape index (κ3) is 2.87. The van der Waals surface area contributed by atoms with Crippen LogP contribution in [-0.2, 0) is 13.0 Å². The Morgan fingerprint density at radius 3 is 2.60 bits per heavy atom. The van der Waals surface area contributed by atoms with Crippen LogP contribution in [0.1, 0.15) is 11.1 Å². The van der Waals surface area contributed by atoms with Crippen LogP contribution in [0.25, 0.3) is 0 Å². The molecule has 1 heterocycles. The summed E-state index contributed by atoms with van der Waals surface area (Å²) in [7, 11) is 2.14. The first kappa shape index (κ1) is 13.6. The van der Waals surface area contributed by atoms with Gasteiger partial charge in [-0.05, 0) is 41.8 Å². The summed E-state index contributed by atoms with van der Waals surface area (Å²) in [5.74, 6) is 0. The summed E-state index contributed by atoms with van der Waals surface area (Å²) in [5, 5.41) is 4.66. The highest BCUT2D eigenvalue weighted by atomic mass is 35.5. The van der Waals surface area contributed by atoms with Crippen LogP contribution in [0.3, 0.4) is 0 Å². The van der Waals surface area contributed by atoms with Crippen molar-refractivity contribution in [1.29, 1.82) is 0 Å².